The Morgan fingerprint density at radius 1 is 1.38 bits per heavy atom. The number of ether oxygens (including phenoxy) is 1. The monoisotopic (exact) mass is 242 g/mol. The highest BCUT2D eigenvalue weighted by Gasteiger charge is 2.07. The van der Waals surface area contributed by atoms with Crippen LogP contribution in [0.4, 0.5) is 0 Å². The third-order valence-electron chi connectivity index (χ3n) is 2.07. The lowest BCUT2D eigenvalue weighted by Gasteiger charge is -2.12. The predicted molar refractivity (Wildman–Crippen MR) is 59.7 cm³/mol. The van der Waals surface area contributed by atoms with Gasteiger partial charge >= 0.3 is 0 Å². The smallest absolute Gasteiger partial charge is 0.122 e. The van der Waals surface area contributed by atoms with Gasteiger partial charge in [0.05, 0.1) is 7.11 Å². The van der Waals surface area contributed by atoms with Crippen LogP contribution in [0.25, 0.3) is 0 Å². The van der Waals surface area contributed by atoms with E-state index in [4.69, 9.17) is 4.74 Å². The van der Waals surface area contributed by atoms with Gasteiger partial charge in [0.1, 0.15) is 5.75 Å². The Morgan fingerprint density at radius 3 is 2.54 bits per heavy atom. The summed E-state index contributed by atoms with van der Waals surface area (Å²) in [6.45, 7) is 4.35. The highest BCUT2D eigenvalue weighted by atomic mass is 79.9. The van der Waals surface area contributed by atoms with Crippen molar-refractivity contribution in [1.82, 2.24) is 0 Å². The quantitative estimate of drug-likeness (QED) is 0.735. The van der Waals surface area contributed by atoms with Gasteiger partial charge < -0.3 is 4.74 Å². The van der Waals surface area contributed by atoms with Gasteiger partial charge in [-0.3, -0.25) is 0 Å². The molecule has 1 aromatic rings. The Balaban J connectivity index is 3.10. The van der Waals surface area contributed by atoms with Crippen LogP contribution >= 0.6 is 15.9 Å². The first-order valence-electron chi connectivity index (χ1n) is 4.41. The van der Waals surface area contributed by atoms with Crippen LogP contribution in [0, 0.1) is 0 Å². The molecule has 0 N–H and O–H groups in total. The summed E-state index contributed by atoms with van der Waals surface area (Å²) in [5, 5.41) is 0.900. The molecule has 0 saturated heterocycles. The zero-order chi connectivity index (χ0) is 9.84. The summed E-state index contributed by atoms with van der Waals surface area (Å²) in [6, 6.07) is 6.31. The van der Waals surface area contributed by atoms with E-state index in [1.807, 2.05) is 6.07 Å². The summed E-state index contributed by atoms with van der Waals surface area (Å²) in [4.78, 5) is 0. The molecule has 1 rings (SSSR count). The lowest BCUT2D eigenvalue weighted by molar-refractivity contribution is 0.407. The minimum Gasteiger partial charge on any atom is -0.496 e. The summed E-state index contributed by atoms with van der Waals surface area (Å²) >= 11 is 3.45. The van der Waals surface area contributed by atoms with Crippen LogP contribution in [0.5, 0.6) is 5.75 Å². The fourth-order valence-corrected chi connectivity index (χ4v) is 1.67. The number of halogens is 1. The van der Waals surface area contributed by atoms with Gasteiger partial charge in [-0.1, -0.05) is 41.9 Å². The maximum absolute atomic E-state index is 5.29. The average molecular weight is 243 g/mol. The molecule has 1 aromatic carbocycles. The van der Waals surface area contributed by atoms with E-state index in [1.54, 1.807) is 7.11 Å². The number of hydrogen-bond donors (Lipinski definition) is 0. The van der Waals surface area contributed by atoms with Crippen molar-refractivity contribution in [3.63, 3.8) is 0 Å². The van der Waals surface area contributed by atoms with Crippen molar-refractivity contribution in [2.75, 3.05) is 7.11 Å². The molecule has 0 amide bonds. The number of benzene rings is 1. The number of alkyl halides is 1. The van der Waals surface area contributed by atoms with Crippen LogP contribution in [0.3, 0.4) is 0 Å². The third kappa shape index (κ3) is 2.47. The van der Waals surface area contributed by atoms with E-state index in [0.717, 1.165) is 11.1 Å². The van der Waals surface area contributed by atoms with Crippen LogP contribution in [0.2, 0.25) is 0 Å². The maximum atomic E-state index is 5.29. The van der Waals surface area contributed by atoms with Crippen molar-refractivity contribution in [2.24, 2.45) is 0 Å². The number of methoxy groups -OCH3 is 1. The van der Waals surface area contributed by atoms with E-state index in [2.05, 4.69) is 41.9 Å². The molecule has 0 aliphatic heterocycles. The number of hydrogen-bond acceptors (Lipinski definition) is 1. The molecule has 1 nitrogen and oxygen atoms in total. The molecule has 2 heteroatoms. The van der Waals surface area contributed by atoms with E-state index in [-0.39, 0.29) is 0 Å². The van der Waals surface area contributed by atoms with Gasteiger partial charge in [0.25, 0.3) is 0 Å². The van der Waals surface area contributed by atoms with Crippen LogP contribution in [0.15, 0.2) is 18.2 Å². The maximum Gasteiger partial charge on any atom is 0.122 e. The number of rotatable bonds is 3. The van der Waals surface area contributed by atoms with Crippen molar-refractivity contribution < 1.29 is 4.74 Å². The lowest BCUT2D eigenvalue weighted by Crippen LogP contribution is -1.95. The van der Waals surface area contributed by atoms with Crippen molar-refractivity contribution in [3.05, 3.63) is 29.3 Å². The molecule has 0 fully saturated rings. The van der Waals surface area contributed by atoms with Gasteiger partial charge in [-0.2, -0.15) is 0 Å². The largest absolute Gasteiger partial charge is 0.496 e. The fourth-order valence-electron chi connectivity index (χ4n) is 1.32. The Bertz CT molecular complexity index is 281. The second kappa shape index (κ2) is 4.66. The summed E-state index contributed by atoms with van der Waals surface area (Å²) in [5.74, 6) is 1.49. The molecule has 0 heterocycles. The molecule has 0 aromatic heterocycles. The Hall–Kier alpha value is -0.500. The van der Waals surface area contributed by atoms with Gasteiger partial charge in [0.2, 0.25) is 0 Å². The van der Waals surface area contributed by atoms with Gasteiger partial charge in [-0.15, -0.1) is 0 Å². The van der Waals surface area contributed by atoms with E-state index in [0.29, 0.717) is 5.92 Å². The lowest BCUT2D eigenvalue weighted by atomic mass is 10.0. The molecular formula is C11H15BrO. The van der Waals surface area contributed by atoms with Gasteiger partial charge in [0.15, 0.2) is 0 Å². The van der Waals surface area contributed by atoms with Crippen molar-refractivity contribution in [3.8, 4) is 5.75 Å². The van der Waals surface area contributed by atoms with Crippen LogP contribution in [-0.4, -0.2) is 7.11 Å². The Labute approximate surface area is 88.2 Å². The molecule has 0 atom stereocenters. The average Bonchev–Trinajstić information content (AvgIpc) is 2.16. The first kappa shape index (κ1) is 10.6. The zero-order valence-corrected chi connectivity index (χ0v) is 9.89. The third-order valence-corrected chi connectivity index (χ3v) is 2.72. The summed E-state index contributed by atoms with van der Waals surface area (Å²) < 4.78 is 5.29. The van der Waals surface area contributed by atoms with Crippen molar-refractivity contribution in [1.29, 1.82) is 0 Å². The van der Waals surface area contributed by atoms with E-state index < -0.39 is 0 Å². The standard InChI is InChI=1S/C11H15BrO/c1-8(2)10-6-9(7-12)4-5-11(10)13-3/h4-6,8H,7H2,1-3H3. The minimum atomic E-state index is 0.508. The fraction of sp³-hybridized carbons (Fsp3) is 0.455. The molecule has 0 radical (unpaired) electrons. The Morgan fingerprint density at radius 2 is 2.08 bits per heavy atom. The highest BCUT2D eigenvalue weighted by molar-refractivity contribution is 9.08. The van der Waals surface area contributed by atoms with Crippen molar-refractivity contribution >= 4 is 15.9 Å². The molecule has 0 saturated carbocycles. The van der Waals surface area contributed by atoms with Crippen molar-refractivity contribution in [2.45, 2.75) is 25.1 Å². The summed E-state index contributed by atoms with van der Waals surface area (Å²) in [5.41, 5.74) is 2.57. The first-order valence-corrected chi connectivity index (χ1v) is 5.54. The topological polar surface area (TPSA) is 9.23 Å². The summed E-state index contributed by atoms with van der Waals surface area (Å²) in [7, 11) is 1.72. The van der Waals surface area contributed by atoms with Crippen LogP contribution in [-0.2, 0) is 5.33 Å². The predicted octanol–water partition coefficient (Wildman–Crippen LogP) is 3.71. The zero-order valence-electron chi connectivity index (χ0n) is 8.30. The summed E-state index contributed by atoms with van der Waals surface area (Å²) in [6.07, 6.45) is 0. The highest BCUT2D eigenvalue weighted by Crippen LogP contribution is 2.27. The van der Waals surface area contributed by atoms with Gasteiger partial charge in [-0.05, 0) is 23.1 Å². The molecular weight excluding hydrogens is 228 g/mol. The molecule has 0 spiro atoms. The Kier molecular flexibility index (Phi) is 3.79. The normalized spacial score (nSPS) is 10.5. The second-order valence-corrected chi connectivity index (χ2v) is 3.93. The molecule has 0 bridgehead atoms. The van der Waals surface area contributed by atoms with E-state index in [1.165, 1.54) is 11.1 Å². The minimum absolute atomic E-state index is 0.508. The second-order valence-electron chi connectivity index (χ2n) is 3.36. The van der Waals surface area contributed by atoms with Crippen LogP contribution in [0.1, 0.15) is 30.9 Å². The SMILES string of the molecule is COc1ccc(CBr)cc1C(C)C. The van der Waals surface area contributed by atoms with E-state index >= 15 is 0 Å². The first-order chi connectivity index (χ1) is 6.19. The van der Waals surface area contributed by atoms with Gasteiger partial charge in [0, 0.05) is 5.33 Å². The molecule has 13 heavy (non-hydrogen) atoms. The van der Waals surface area contributed by atoms with Crippen LogP contribution < -0.4 is 4.74 Å². The molecule has 0 aliphatic carbocycles. The molecule has 0 aliphatic rings. The van der Waals surface area contributed by atoms with E-state index in [9.17, 15) is 0 Å². The van der Waals surface area contributed by atoms with Gasteiger partial charge in [-0.25, -0.2) is 0 Å². The molecule has 72 valence electrons. The molecule has 0 unspecified atom stereocenters.